The minimum atomic E-state index is -0.282. The van der Waals surface area contributed by atoms with Crippen molar-refractivity contribution < 1.29 is 23.8 Å². The summed E-state index contributed by atoms with van der Waals surface area (Å²) < 4.78 is 16.1. The smallest absolute Gasteiger partial charge is 0.251 e. The summed E-state index contributed by atoms with van der Waals surface area (Å²) in [5, 5.41) is 8.73. The lowest BCUT2D eigenvalue weighted by Crippen LogP contribution is -2.25. The molecule has 2 aromatic carbocycles. The van der Waals surface area contributed by atoms with Crippen molar-refractivity contribution in [3.05, 3.63) is 64.3 Å². The van der Waals surface area contributed by atoms with Crippen LogP contribution in [0.4, 0.5) is 5.69 Å². The highest BCUT2D eigenvalue weighted by atomic mass is 79.9. The van der Waals surface area contributed by atoms with Gasteiger partial charge < -0.3 is 19.5 Å². The van der Waals surface area contributed by atoms with Gasteiger partial charge in [0.1, 0.15) is 0 Å². The Labute approximate surface area is 195 Å². The standard InChI is InChI=1S/C23H24BrN3O5/c1-30-11-9-22(28)25-17-6-4-15(5-7-17)19-8-10-27(26-19)23(29)13-16-12-20(31-2)21(32-3)14-18(16)24/h4-7,9,11-12,14H,8,10,13H2,1-3H3,(H,25,28). The molecule has 2 amide bonds. The molecule has 9 heteroatoms. The second-order valence-electron chi connectivity index (χ2n) is 6.89. The van der Waals surface area contributed by atoms with E-state index in [1.165, 1.54) is 24.5 Å². The first-order valence-corrected chi connectivity index (χ1v) is 10.6. The van der Waals surface area contributed by atoms with Crippen LogP contribution in [0.15, 0.2) is 58.3 Å². The topological polar surface area (TPSA) is 89.5 Å². The van der Waals surface area contributed by atoms with Crippen molar-refractivity contribution in [2.45, 2.75) is 12.8 Å². The van der Waals surface area contributed by atoms with Crippen molar-refractivity contribution in [2.75, 3.05) is 33.2 Å². The minimum Gasteiger partial charge on any atom is -0.504 e. The third-order valence-electron chi connectivity index (χ3n) is 4.83. The maximum atomic E-state index is 12.8. The van der Waals surface area contributed by atoms with E-state index < -0.39 is 0 Å². The molecule has 8 nitrogen and oxygen atoms in total. The maximum absolute atomic E-state index is 12.8. The van der Waals surface area contributed by atoms with E-state index in [1.54, 1.807) is 38.5 Å². The van der Waals surface area contributed by atoms with Gasteiger partial charge >= 0.3 is 0 Å². The molecule has 1 N–H and O–H groups in total. The number of nitrogens with zero attached hydrogens (tertiary/aromatic N) is 2. The molecule has 0 radical (unpaired) electrons. The predicted molar refractivity (Wildman–Crippen MR) is 125 cm³/mol. The van der Waals surface area contributed by atoms with E-state index in [4.69, 9.17) is 14.2 Å². The van der Waals surface area contributed by atoms with Gasteiger partial charge in [-0.25, -0.2) is 5.01 Å². The molecule has 1 aliphatic heterocycles. The molecule has 1 heterocycles. The van der Waals surface area contributed by atoms with Crippen molar-refractivity contribution in [1.82, 2.24) is 5.01 Å². The quantitative estimate of drug-likeness (QED) is 0.439. The molecule has 2 aromatic rings. The van der Waals surface area contributed by atoms with Gasteiger partial charge in [0.15, 0.2) is 11.5 Å². The van der Waals surface area contributed by atoms with Crippen LogP contribution in [0.5, 0.6) is 11.5 Å². The fourth-order valence-corrected chi connectivity index (χ4v) is 3.65. The first-order valence-electron chi connectivity index (χ1n) is 9.84. The number of anilines is 1. The summed E-state index contributed by atoms with van der Waals surface area (Å²) in [6.07, 6.45) is 3.44. The highest BCUT2D eigenvalue weighted by molar-refractivity contribution is 9.10. The molecule has 3 rings (SSSR count). The molecule has 0 atom stereocenters. The summed E-state index contributed by atoms with van der Waals surface area (Å²) in [7, 11) is 4.59. The largest absolute Gasteiger partial charge is 0.504 e. The highest BCUT2D eigenvalue weighted by Crippen LogP contribution is 2.33. The van der Waals surface area contributed by atoms with Crippen molar-refractivity contribution in [3.63, 3.8) is 0 Å². The molecular formula is C23H24BrN3O5. The third-order valence-corrected chi connectivity index (χ3v) is 5.56. The van der Waals surface area contributed by atoms with Crippen molar-refractivity contribution >= 4 is 39.1 Å². The number of carbonyl (C=O) groups is 2. The Bertz CT molecular complexity index is 1050. The van der Waals surface area contributed by atoms with Gasteiger partial charge in [-0.1, -0.05) is 28.1 Å². The number of ether oxygens (including phenoxy) is 3. The number of amides is 2. The van der Waals surface area contributed by atoms with Crippen LogP contribution in [0.25, 0.3) is 0 Å². The summed E-state index contributed by atoms with van der Waals surface area (Å²) in [6, 6.07) is 10.9. The van der Waals surface area contributed by atoms with Gasteiger partial charge in [0, 0.05) is 22.7 Å². The molecular weight excluding hydrogens is 478 g/mol. The average Bonchev–Trinajstić information content (AvgIpc) is 3.29. The van der Waals surface area contributed by atoms with Crippen LogP contribution in [0.3, 0.4) is 0 Å². The number of nitrogens with one attached hydrogen (secondary N) is 1. The van der Waals surface area contributed by atoms with E-state index in [-0.39, 0.29) is 18.2 Å². The molecule has 32 heavy (non-hydrogen) atoms. The highest BCUT2D eigenvalue weighted by Gasteiger charge is 2.23. The molecule has 0 aromatic heterocycles. The van der Waals surface area contributed by atoms with Gasteiger partial charge in [-0.2, -0.15) is 5.10 Å². The lowest BCUT2D eigenvalue weighted by molar-refractivity contribution is -0.130. The molecule has 1 aliphatic rings. The number of hydrogen-bond donors (Lipinski definition) is 1. The van der Waals surface area contributed by atoms with Crippen LogP contribution in [-0.4, -0.2) is 50.4 Å². The number of hydrogen-bond acceptors (Lipinski definition) is 6. The first kappa shape index (κ1) is 23.3. The zero-order chi connectivity index (χ0) is 23.1. The molecule has 0 aliphatic carbocycles. The van der Waals surface area contributed by atoms with Crippen LogP contribution in [0.2, 0.25) is 0 Å². The predicted octanol–water partition coefficient (Wildman–Crippen LogP) is 3.74. The lowest BCUT2D eigenvalue weighted by Gasteiger charge is -2.14. The molecule has 0 fully saturated rings. The second kappa shape index (κ2) is 10.8. The fraction of sp³-hybridized carbons (Fsp3) is 0.261. The normalized spacial score (nSPS) is 13.1. The van der Waals surface area contributed by atoms with E-state index in [1.807, 2.05) is 12.1 Å². The van der Waals surface area contributed by atoms with Gasteiger partial charge in [-0.3, -0.25) is 9.59 Å². The van der Waals surface area contributed by atoms with Crippen LogP contribution >= 0.6 is 15.9 Å². The Kier molecular flexibility index (Phi) is 7.88. The number of halogens is 1. The van der Waals surface area contributed by atoms with Gasteiger partial charge in [0.2, 0.25) is 5.91 Å². The van der Waals surface area contributed by atoms with Gasteiger partial charge in [0.25, 0.3) is 5.91 Å². The summed E-state index contributed by atoms with van der Waals surface area (Å²) in [5.74, 6) is 0.762. The Morgan fingerprint density at radius 1 is 1.12 bits per heavy atom. The molecule has 0 saturated carbocycles. The first-order chi connectivity index (χ1) is 15.4. The number of methoxy groups -OCH3 is 3. The number of carbonyl (C=O) groups excluding carboxylic acids is 2. The second-order valence-corrected chi connectivity index (χ2v) is 7.75. The van der Waals surface area contributed by atoms with Crippen molar-refractivity contribution in [2.24, 2.45) is 5.10 Å². The van der Waals surface area contributed by atoms with Crippen LogP contribution < -0.4 is 14.8 Å². The monoisotopic (exact) mass is 501 g/mol. The van der Waals surface area contributed by atoms with Gasteiger partial charge in [0.05, 0.1) is 46.3 Å². The SMILES string of the molecule is COC=CC(=O)Nc1ccc(C2=NN(C(=O)Cc3cc(OC)c(OC)cc3Br)CC2)cc1. The van der Waals surface area contributed by atoms with E-state index in [0.717, 1.165) is 21.3 Å². The van der Waals surface area contributed by atoms with Crippen LogP contribution in [0.1, 0.15) is 17.5 Å². The van der Waals surface area contributed by atoms with E-state index in [0.29, 0.717) is 30.2 Å². The van der Waals surface area contributed by atoms with Crippen LogP contribution in [-0.2, 0) is 20.7 Å². The van der Waals surface area contributed by atoms with E-state index >= 15 is 0 Å². The van der Waals surface area contributed by atoms with E-state index in [2.05, 4.69) is 26.3 Å². The zero-order valence-electron chi connectivity index (χ0n) is 18.1. The number of rotatable bonds is 8. The summed E-state index contributed by atoms with van der Waals surface area (Å²) in [5.41, 5.74) is 3.17. The van der Waals surface area contributed by atoms with Gasteiger partial charge in [-0.05, 0) is 35.4 Å². The van der Waals surface area contributed by atoms with Crippen molar-refractivity contribution in [3.8, 4) is 11.5 Å². The molecule has 0 spiro atoms. The maximum Gasteiger partial charge on any atom is 0.251 e. The number of hydrazone groups is 1. The lowest BCUT2D eigenvalue weighted by atomic mass is 10.1. The molecule has 0 bridgehead atoms. The minimum absolute atomic E-state index is 0.110. The molecule has 0 unspecified atom stereocenters. The summed E-state index contributed by atoms with van der Waals surface area (Å²) in [6.45, 7) is 0.513. The summed E-state index contributed by atoms with van der Waals surface area (Å²) in [4.78, 5) is 24.5. The Morgan fingerprint density at radius 3 is 2.47 bits per heavy atom. The fourth-order valence-electron chi connectivity index (χ4n) is 3.19. The third kappa shape index (κ3) is 5.67. The van der Waals surface area contributed by atoms with Crippen LogP contribution in [0, 0.1) is 0 Å². The zero-order valence-corrected chi connectivity index (χ0v) is 19.6. The Balaban J connectivity index is 1.66. The van der Waals surface area contributed by atoms with E-state index in [9.17, 15) is 9.59 Å². The molecule has 168 valence electrons. The summed E-state index contributed by atoms with van der Waals surface area (Å²) >= 11 is 3.49. The number of benzene rings is 2. The Morgan fingerprint density at radius 2 is 1.81 bits per heavy atom. The van der Waals surface area contributed by atoms with Gasteiger partial charge in [-0.15, -0.1) is 0 Å². The Hall–Kier alpha value is -3.33. The van der Waals surface area contributed by atoms with Crippen molar-refractivity contribution in [1.29, 1.82) is 0 Å². The average molecular weight is 502 g/mol. The molecule has 0 saturated heterocycles.